The molecule has 13 rings (SSSR count). The molecular weight excluding hydrogens is 869 g/mol. The molecule has 13 aromatic rings. The first-order valence-corrected chi connectivity index (χ1v) is 25.4. The molecular formula is C70H56N2. The molecule has 0 spiro atoms. The zero-order valence-corrected chi connectivity index (χ0v) is 41.8. The molecule has 0 aliphatic carbocycles. The van der Waals surface area contributed by atoms with Crippen LogP contribution < -0.4 is 0 Å². The van der Waals surface area contributed by atoms with Gasteiger partial charge < -0.3 is 9.13 Å². The van der Waals surface area contributed by atoms with Crippen molar-refractivity contribution in [2.75, 3.05) is 0 Å². The van der Waals surface area contributed by atoms with Crippen molar-refractivity contribution < 1.29 is 0 Å². The molecule has 0 saturated heterocycles. The van der Waals surface area contributed by atoms with Crippen LogP contribution in [-0.4, -0.2) is 9.13 Å². The lowest BCUT2D eigenvalue weighted by atomic mass is 9.85. The van der Waals surface area contributed by atoms with Crippen molar-refractivity contribution in [3.63, 3.8) is 0 Å². The summed E-state index contributed by atoms with van der Waals surface area (Å²) >= 11 is 0. The quantitative estimate of drug-likeness (QED) is 0.147. The van der Waals surface area contributed by atoms with Gasteiger partial charge in [0.2, 0.25) is 0 Å². The Kier molecular flexibility index (Phi) is 10.0. The number of hydrogen-bond acceptors (Lipinski definition) is 0. The van der Waals surface area contributed by atoms with Crippen molar-refractivity contribution in [2.24, 2.45) is 0 Å². The summed E-state index contributed by atoms with van der Waals surface area (Å²) in [6.45, 7) is 13.7. The zero-order valence-electron chi connectivity index (χ0n) is 41.8. The lowest BCUT2D eigenvalue weighted by molar-refractivity contribution is 0.423. The molecule has 2 aromatic heterocycles. The molecule has 11 aromatic carbocycles. The summed E-state index contributed by atoms with van der Waals surface area (Å²) in [6, 6.07) is 85.8. The second-order valence-electron chi connectivity index (χ2n) is 21.7. The van der Waals surface area contributed by atoms with Crippen molar-refractivity contribution in [1.29, 1.82) is 0 Å². The highest BCUT2D eigenvalue weighted by atomic mass is 15.1. The Balaban J connectivity index is 0.793. The monoisotopic (exact) mass is 924 g/mol. The Bertz CT molecular complexity index is 3890. The third-order valence-corrected chi connectivity index (χ3v) is 15.1. The summed E-state index contributed by atoms with van der Waals surface area (Å²) in [5, 5.41) is 10.2. The highest BCUT2D eigenvalue weighted by Crippen LogP contribution is 2.45. The number of nitrogens with zero attached hydrogens (tertiary/aromatic N) is 2. The molecule has 0 unspecified atom stereocenters. The van der Waals surface area contributed by atoms with Gasteiger partial charge in [0.15, 0.2) is 0 Å². The molecule has 0 fully saturated rings. The van der Waals surface area contributed by atoms with Gasteiger partial charge in [0.25, 0.3) is 0 Å². The maximum absolute atomic E-state index is 2.47. The van der Waals surface area contributed by atoms with E-state index in [1.165, 1.54) is 132 Å². The maximum atomic E-state index is 2.47. The number of aromatic nitrogens is 2. The van der Waals surface area contributed by atoms with Gasteiger partial charge in [-0.25, -0.2) is 0 Å². The smallest absolute Gasteiger partial charge is 0.0496 e. The molecule has 0 N–H and O–H groups in total. The molecule has 0 radical (unpaired) electrons. The van der Waals surface area contributed by atoms with E-state index in [0.717, 1.165) is 0 Å². The summed E-state index contributed by atoms with van der Waals surface area (Å²) in [7, 11) is 0. The van der Waals surface area contributed by atoms with Crippen LogP contribution in [0.2, 0.25) is 0 Å². The van der Waals surface area contributed by atoms with Gasteiger partial charge in [-0.15, -0.1) is 0 Å². The second-order valence-corrected chi connectivity index (χ2v) is 21.7. The molecule has 0 atom stereocenters. The van der Waals surface area contributed by atoms with E-state index in [4.69, 9.17) is 0 Å². The van der Waals surface area contributed by atoms with Crippen LogP contribution in [-0.2, 0) is 11.1 Å². The third kappa shape index (κ3) is 7.16. The molecule has 0 saturated carbocycles. The average Bonchev–Trinajstić information content (AvgIpc) is 3.94. The summed E-state index contributed by atoms with van der Waals surface area (Å²) in [5.74, 6) is 0. The first-order valence-electron chi connectivity index (χ1n) is 25.4. The van der Waals surface area contributed by atoms with E-state index in [2.05, 4.69) is 281 Å². The number of benzene rings is 11. The van der Waals surface area contributed by atoms with E-state index in [1.807, 2.05) is 0 Å². The van der Waals surface area contributed by atoms with Crippen LogP contribution in [0.15, 0.2) is 231 Å². The molecule has 0 aliphatic rings. The molecule has 2 nitrogen and oxygen atoms in total. The van der Waals surface area contributed by atoms with Crippen LogP contribution in [0.4, 0.5) is 0 Å². The summed E-state index contributed by atoms with van der Waals surface area (Å²) in [4.78, 5) is 0. The highest BCUT2D eigenvalue weighted by Gasteiger charge is 2.23. The first kappa shape index (κ1) is 43.6. The van der Waals surface area contributed by atoms with E-state index in [0.29, 0.717) is 0 Å². The first-order chi connectivity index (χ1) is 35.0. The van der Waals surface area contributed by atoms with Gasteiger partial charge in [-0.3, -0.25) is 0 Å². The van der Waals surface area contributed by atoms with Gasteiger partial charge in [0.05, 0.1) is 0 Å². The van der Waals surface area contributed by atoms with E-state index in [1.54, 1.807) is 0 Å². The van der Waals surface area contributed by atoms with Crippen LogP contribution >= 0.6 is 0 Å². The Morgan fingerprint density at radius 2 is 0.431 bits per heavy atom. The van der Waals surface area contributed by atoms with Crippen molar-refractivity contribution in [1.82, 2.24) is 9.13 Å². The van der Waals surface area contributed by atoms with Crippen LogP contribution in [0.3, 0.4) is 0 Å². The van der Waals surface area contributed by atoms with Crippen molar-refractivity contribution in [3.8, 4) is 66.8 Å². The number of para-hydroxylation sites is 2. The van der Waals surface area contributed by atoms with Crippen LogP contribution in [0.25, 0.3) is 132 Å². The van der Waals surface area contributed by atoms with Crippen molar-refractivity contribution in [3.05, 3.63) is 231 Å². The SMILES string of the molecule is CC(C)(C)n1c2ccccc2c2cc(-c3ccc(-c4ccc(-c5c6ccccc6c(-c6ccc(-c7ccc(-c8ccc9c(c8)c8ccccc8n9C(C)(C)C)cc7)cc6)c6ccccc56)cc4)cc3)ccc21. The Labute approximate surface area is 422 Å². The molecule has 0 aliphatic heterocycles. The maximum Gasteiger partial charge on any atom is 0.0496 e. The fourth-order valence-corrected chi connectivity index (χ4v) is 11.9. The van der Waals surface area contributed by atoms with E-state index in [-0.39, 0.29) is 11.1 Å². The Morgan fingerprint density at radius 3 is 0.722 bits per heavy atom. The molecule has 0 amide bonds. The normalized spacial score (nSPS) is 12.3. The largest absolute Gasteiger partial charge is 0.335 e. The van der Waals surface area contributed by atoms with Crippen molar-refractivity contribution in [2.45, 2.75) is 52.6 Å². The number of hydrogen-bond donors (Lipinski definition) is 0. The summed E-state index contributed by atoms with van der Waals surface area (Å²) < 4.78 is 4.95. The van der Waals surface area contributed by atoms with E-state index in [9.17, 15) is 0 Å². The van der Waals surface area contributed by atoms with Crippen LogP contribution in [0, 0.1) is 0 Å². The lowest BCUT2D eigenvalue weighted by Gasteiger charge is -2.24. The molecule has 0 bridgehead atoms. The minimum Gasteiger partial charge on any atom is -0.335 e. The molecule has 346 valence electrons. The predicted molar refractivity (Wildman–Crippen MR) is 310 cm³/mol. The Morgan fingerprint density at radius 1 is 0.208 bits per heavy atom. The van der Waals surface area contributed by atoms with Gasteiger partial charge in [-0.1, -0.05) is 194 Å². The molecule has 2 heteroatoms. The van der Waals surface area contributed by atoms with Crippen LogP contribution in [0.5, 0.6) is 0 Å². The molecule has 72 heavy (non-hydrogen) atoms. The van der Waals surface area contributed by atoms with Gasteiger partial charge in [-0.2, -0.15) is 0 Å². The van der Waals surface area contributed by atoms with Gasteiger partial charge >= 0.3 is 0 Å². The van der Waals surface area contributed by atoms with Crippen molar-refractivity contribution >= 4 is 65.2 Å². The van der Waals surface area contributed by atoms with Crippen LogP contribution in [0.1, 0.15) is 41.5 Å². The molecule has 2 heterocycles. The lowest BCUT2D eigenvalue weighted by Crippen LogP contribution is -2.21. The van der Waals surface area contributed by atoms with E-state index < -0.39 is 0 Å². The third-order valence-electron chi connectivity index (χ3n) is 15.1. The van der Waals surface area contributed by atoms with E-state index >= 15 is 0 Å². The topological polar surface area (TPSA) is 9.86 Å². The Hall–Kier alpha value is -8.46. The average molecular weight is 925 g/mol. The summed E-state index contributed by atoms with van der Waals surface area (Å²) in [6.07, 6.45) is 0. The fraction of sp³-hybridized carbons (Fsp3) is 0.114. The van der Waals surface area contributed by atoms with Gasteiger partial charge in [-0.05, 0) is 166 Å². The van der Waals surface area contributed by atoms with Gasteiger partial charge in [0, 0.05) is 54.7 Å². The minimum atomic E-state index is -0.0248. The number of rotatable bonds is 6. The second kappa shape index (κ2) is 16.6. The zero-order chi connectivity index (χ0) is 48.9. The summed E-state index contributed by atoms with van der Waals surface area (Å²) in [5.41, 5.74) is 19.8. The minimum absolute atomic E-state index is 0.0248. The predicted octanol–water partition coefficient (Wildman–Crippen LogP) is 19.7. The standard InChI is InChI=1S/C70H56N2/c1-69(2,3)71-63-21-13-11-15-55(63)61-43-53(39-41-65(61)71)49-27-23-45(24-28-49)47-31-35-51(36-32-47)67-57-17-7-9-19-59(57)68(60-20-10-8-18-58(60)67)52-37-33-48(34-38-52)46-25-29-50(30-26-46)54-40-42-66-62(44-54)56-16-12-14-22-64(56)72(66)70(4,5)6/h7-44H,1-6H3. The number of fused-ring (bicyclic) bond motifs is 8. The highest BCUT2D eigenvalue weighted by molar-refractivity contribution is 6.21. The fourth-order valence-electron chi connectivity index (χ4n) is 11.9. The van der Waals surface area contributed by atoms with Gasteiger partial charge in [0.1, 0.15) is 0 Å².